The molecule has 1 heterocycles. The van der Waals surface area contributed by atoms with Crippen LogP contribution in [0.15, 0.2) is 22.6 Å². The molecule has 2 amide bonds. The zero-order valence-electron chi connectivity index (χ0n) is 14.4. The Morgan fingerprint density at radius 3 is 2.76 bits per heavy atom. The molecule has 0 fully saturated rings. The molecule has 1 aromatic rings. The summed E-state index contributed by atoms with van der Waals surface area (Å²) in [6, 6.07) is 4.70. The summed E-state index contributed by atoms with van der Waals surface area (Å²) in [5, 5.41) is 5.43. The van der Waals surface area contributed by atoms with Crippen LogP contribution in [0.3, 0.4) is 0 Å². The number of fused-ring (bicyclic) bond motifs is 1. The van der Waals surface area contributed by atoms with Crippen LogP contribution >= 0.6 is 0 Å². The second-order valence-corrected chi connectivity index (χ2v) is 7.74. The number of amides is 2. The average molecular weight is 369 g/mol. The van der Waals surface area contributed by atoms with Gasteiger partial charge in [-0.05, 0) is 19.1 Å². The van der Waals surface area contributed by atoms with Crippen LogP contribution in [0.2, 0.25) is 0 Å². The number of carbonyl (C=O) groups excluding carboxylic acids is 1. The standard InChI is InChI=1S/C15H23N5O4S/c1-4-17-14(21)18-8-15(2,3)9-24-11-7-5-6-10-12(11)13(16)20-25(22,23)19-10/h5-7,19H,4,8-9H2,1-3H3,(H2,16,20)(H2,17,18,21). The fourth-order valence-electron chi connectivity index (χ4n) is 2.20. The Morgan fingerprint density at radius 2 is 2.08 bits per heavy atom. The third kappa shape index (κ3) is 4.99. The van der Waals surface area contributed by atoms with Crippen LogP contribution in [0.25, 0.3) is 0 Å². The molecule has 1 aliphatic heterocycles. The molecule has 0 saturated heterocycles. The molecule has 0 radical (unpaired) electrons. The summed E-state index contributed by atoms with van der Waals surface area (Å²) < 4.78 is 34.8. The minimum atomic E-state index is -3.83. The maximum absolute atomic E-state index is 11.6. The second-order valence-electron chi connectivity index (χ2n) is 6.40. The van der Waals surface area contributed by atoms with E-state index in [-0.39, 0.29) is 23.9 Å². The molecule has 0 atom stereocenters. The number of urea groups is 1. The van der Waals surface area contributed by atoms with Gasteiger partial charge >= 0.3 is 16.2 Å². The van der Waals surface area contributed by atoms with Gasteiger partial charge in [0.2, 0.25) is 0 Å². The van der Waals surface area contributed by atoms with Gasteiger partial charge in [0, 0.05) is 18.5 Å². The average Bonchev–Trinajstić information content (AvgIpc) is 2.50. The first-order chi connectivity index (χ1) is 11.6. The van der Waals surface area contributed by atoms with Crippen molar-refractivity contribution in [1.82, 2.24) is 10.6 Å². The highest BCUT2D eigenvalue weighted by atomic mass is 32.2. The fourth-order valence-corrected chi connectivity index (χ4v) is 3.05. The topological polar surface area (TPSA) is 135 Å². The lowest BCUT2D eigenvalue weighted by Gasteiger charge is -2.26. The quantitative estimate of drug-likeness (QED) is 0.588. The number of benzene rings is 1. The minimum Gasteiger partial charge on any atom is -0.492 e. The monoisotopic (exact) mass is 369 g/mol. The predicted molar refractivity (Wildman–Crippen MR) is 96.1 cm³/mol. The van der Waals surface area contributed by atoms with E-state index < -0.39 is 10.2 Å². The van der Waals surface area contributed by atoms with E-state index in [0.717, 1.165) is 0 Å². The summed E-state index contributed by atoms with van der Waals surface area (Å²) in [5.41, 5.74) is 6.16. The van der Waals surface area contributed by atoms with E-state index in [1.54, 1.807) is 18.2 Å². The largest absolute Gasteiger partial charge is 0.492 e. The Hall–Kier alpha value is -2.49. The molecule has 1 aliphatic rings. The number of nitrogens with one attached hydrogen (secondary N) is 3. The molecule has 0 saturated carbocycles. The van der Waals surface area contributed by atoms with Gasteiger partial charge in [-0.15, -0.1) is 4.40 Å². The van der Waals surface area contributed by atoms with Crippen molar-refractivity contribution in [3.63, 3.8) is 0 Å². The van der Waals surface area contributed by atoms with Gasteiger partial charge in [-0.1, -0.05) is 19.9 Å². The first-order valence-corrected chi connectivity index (χ1v) is 9.23. The first-order valence-electron chi connectivity index (χ1n) is 7.79. The zero-order chi connectivity index (χ0) is 18.7. The zero-order valence-corrected chi connectivity index (χ0v) is 15.2. The summed E-state index contributed by atoms with van der Waals surface area (Å²) in [7, 11) is -3.83. The molecular formula is C15H23N5O4S. The van der Waals surface area contributed by atoms with Crippen molar-refractivity contribution in [2.75, 3.05) is 24.4 Å². The molecule has 0 unspecified atom stereocenters. The van der Waals surface area contributed by atoms with Crippen LogP contribution in [-0.4, -0.2) is 40.0 Å². The van der Waals surface area contributed by atoms with Crippen molar-refractivity contribution in [1.29, 1.82) is 0 Å². The van der Waals surface area contributed by atoms with Crippen LogP contribution in [0, 0.1) is 5.41 Å². The Balaban J connectivity index is 2.08. The van der Waals surface area contributed by atoms with Gasteiger partial charge in [0.15, 0.2) is 5.84 Å². The lowest BCUT2D eigenvalue weighted by atomic mass is 9.95. The van der Waals surface area contributed by atoms with Gasteiger partial charge in [0.25, 0.3) is 0 Å². The minimum absolute atomic E-state index is 0.123. The van der Waals surface area contributed by atoms with E-state index >= 15 is 0 Å². The molecule has 0 bridgehead atoms. The third-order valence-electron chi connectivity index (χ3n) is 3.42. The smallest absolute Gasteiger partial charge is 0.344 e. The number of nitrogens with zero attached hydrogens (tertiary/aromatic N) is 1. The predicted octanol–water partition coefficient (Wildman–Crippen LogP) is 0.786. The highest BCUT2D eigenvalue weighted by Crippen LogP contribution is 2.31. The Kier molecular flexibility index (Phi) is 5.41. The van der Waals surface area contributed by atoms with Crippen molar-refractivity contribution in [2.45, 2.75) is 20.8 Å². The Labute approximate surface area is 147 Å². The van der Waals surface area contributed by atoms with Crippen molar-refractivity contribution < 1.29 is 17.9 Å². The Morgan fingerprint density at radius 1 is 1.36 bits per heavy atom. The summed E-state index contributed by atoms with van der Waals surface area (Å²) in [5.74, 6) is 0.301. The van der Waals surface area contributed by atoms with E-state index in [2.05, 4.69) is 19.8 Å². The molecule has 25 heavy (non-hydrogen) atoms. The molecule has 5 N–H and O–H groups in total. The van der Waals surface area contributed by atoms with Gasteiger partial charge in [-0.3, -0.25) is 4.72 Å². The molecule has 9 nitrogen and oxygen atoms in total. The number of hydrogen-bond acceptors (Lipinski definition) is 5. The molecule has 0 aromatic heterocycles. The van der Waals surface area contributed by atoms with Crippen molar-refractivity contribution in [2.24, 2.45) is 15.5 Å². The van der Waals surface area contributed by atoms with Crippen LogP contribution < -0.4 is 25.8 Å². The maximum atomic E-state index is 11.6. The van der Waals surface area contributed by atoms with Crippen molar-refractivity contribution in [3.8, 4) is 5.75 Å². The molecule has 1 aromatic carbocycles. The van der Waals surface area contributed by atoms with E-state index in [4.69, 9.17) is 10.5 Å². The third-order valence-corrected chi connectivity index (χ3v) is 4.34. The number of ether oxygens (including phenoxy) is 1. The highest BCUT2D eigenvalue weighted by molar-refractivity contribution is 7.91. The molecule has 10 heteroatoms. The number of nitrogens with two attached hydrogens (primary N) is 1. The van der Waals surface area contributed by atoms with Crippen LogP contribution in [0.4, 0.5) is 10.5 Å². The summed E-state index contributed by atoms with van der Waals surface area (Å²) >= 11 is 0. The molecule has 2 rings (SSSR count). The summed E-state index contributed by atoms with van der Waals surface area (Å²) in [4.78, 5) is 11.5. The van der Waals surface area contributed by atoms with E-state index in [0.29, 0.717) is 30.1 Å². The van der Waals surface area contributed by atoms with Crippen LogP contribution in [-0.2, 0) is 10.2 Å². The fraction of sp³-hybridized carbons (Fsp3) is 0.467. The van der Waals surface area contributed by atoms with Gasteiger partial charge in [-0.2, -0.15) is 8.42 Å². The van der Waals surface area contributed by atoms with Crippen LogP contribution in [0.1, 0.15) is 26.3 Å². The van der Waals surface area contributed by atoms with Crippen molar-refractivity contribution in [3.05, 3.63) is 23.8 Å². The molecule has 0 aliphatic carbocycles. The van der Waals surface area contributed by atoms with E-state index in [9.17, 15) is 13.2 Å². The number of amidine groups is 1. The van der Waals surface area contributed by atoms with Gasteiger partial charge in [0.05, 0.1) is 17.9 Å². The molecule has 138 valence electrons. The van der Waals surface area contributed by atoms with E-state index in [1.165, 1.54) is 0 Å². The van der Waals surface area contributed by atoms with Crippen LogP contribution in [0.5, 0.6) is 5.75 Å². The normalized spacial score (nSPS) is 15.4. The van der Waals surface area contributed by atoms with E-state index in [1.807, 2.05) is 20.8 Å². The lowest BCUT2D eigenvalue weighted by molar-refractivity contribution is 0.175. The van der Waals surface area contributed by atoms with Crippen molar-refractivity contribution >= 4 is 27.8 Å². The summed E-state index contributed by atoms with van der Waals surface area (Å²) in [6.45, 7) is 6.96. The number of rotatable bonds is 6. The molecular weight excluding hydrogens is 346 g/mol. The number of hydrogen-bond donors (Lipinski definition) is 4. The van der Waals surface area contributed by atoms with Gasteiger partial charge < -0.3 is 21.1 Å². The second kappa shape index (κ2) is 7.18. The Bertz CT molecular complexity index is 789. The lowest BCUT2D eigenvalue weighted by Crippen LogP contribution is -2.42. The van der Waals surface area contributed by atoms with Gasteiger partial charge in [0.1, 0.15) is 5.75 Å². The SMILES string of the molecule is CCNC(=O)NCC(C)(C)COc1cccc2c1C(N)=NS(=O)(=O)N2. The summed E-state index contributed by atoms with van der Waals surface area (Å²) in [6.07, 6.45) is 0. The highest BCUT2D eigenvalue weighted by Gasteiger charge is 2.26. The first kappa shape index (κ1) is 18.8. The number of anilines is 1. The maximum Gasteiger partial charge on any atom is 0.344 e. The van der Waals surface area contributed by atoms with Gasteiger partial charge in [-0.25, -0.2) is 4.79 Å². The molecule has 0 spiro atoms. The number of carbonyl (C=O) groups is 1.